The van der Waals surface area contributed by atoms with E-state index in [0.717, 1.165) is 35.6 Å². The second-order valence-corrected chi connectivity index (χ2v) is 6.66. The summed E-state index contributed by atoms with van der Waals surface area (Å²) in [4.78, 5) is 17.2. The first-order valence-corrected chi connectivity index (χ1v) is 8.32. The quantitative estimate of drug-likeness (QED) is 0.612. The Balaban J connectivity index is 1.96. The van der Waals surface area contributed by atoms with Crippen molar-refractivity contribution in [2.24, 2.45) is 0 Å². The van der Waals surface area contributed by atoms with Gasteiger partial charge in [0.25, 0.3) is 5.91 Å². The number of hydrogen-bond acceptors (Lipinski definition) is 6. The number of nitriles is 1. The normalized spacial score (nSPS) is 11.4. The van der Waals surface area contributed by atoms with E-state index in [4.69, 9.17) is 11.5 Å². The molecule has 1 amide bonds. The Hall–Kier alpha value is -3.32. The van der Waals surface area contributed by atoms with Crippen molar-refractivity contribution in [3.05, 3.63) is 45.8 Å². The highest BCUT2D eigenvalue weighted by Gasteiger charge is 2.30. The molecular weight excluding hydrogens is 379 g/mol. The minimum atomic E-state index is -4.46. The molecule has 0 atom stereocenters. The minimum absolute atomic E-state index is 0.0402. The number of hydrogen-bond donors (Lipinski definition) is 3. The van der Waals surface area contributed by atoms with Crippen LogP contribution in [0.2, 0.25) is 0 Å². The van der Waals surface area contributed by atoms with Gasteiger partial charge in [-0.2, -0.15) is 18.4 Å². The largest absolute Gasteiger partial charge is 0.416 e. The number of thiophene rings is 1. The maximum absolute atomic E-state index is 12.6. The summed E-state index contributed by atoms with van der Waals surface area (Å²) in [6.07, 6.45) is -4.46. The third-order valence-electron chi connectivity index (χ3n) is 3.94. The van der Waals surface area contributed by atoms with Gasteiger partial charge >= 0.3 is 6.18 Å². The zero-order valence-corrected chi connectivity index (χ0v) is 14.6. The number of aromatic nitrogens is 1. The molecule has 138 valence electrons. The minimum Gasteiger partial charge on any atom is -0.397 e. The number of carbonyl (C=O) groups excluding carboxylic acids is 1. The zero-order chi connectivity index (χ0) is 19.9. The standard InChI is InChI=1S/C17H12F3N5OS/c1-7-10(6-21)14(23)25-16-11(7)12(22)13(27-16)15(26)24-9-4-2-8(3-5-9)17(18,19)20/h2-5H,22H2,1H3,(H2,23,25)(H,24,26). The van der Waals surface area contributed by atoms with Crippen LogP contribution in [0.25, 0.3) is 10.2 Å². The average molecular weight is 391 g/mol. The van der Waals surface area contributed by atoms with Gasteiger partial charge in [0.15, 0.2) is 0 Å². The summed E-state index contributed by atoms with van der Waals surface area (Å²) in [6, 6.07) is 5.99. The lowest BCUT2D eigenvalue weighted by atomic mass is 10.1. The lowest BCUT2D eigenvalue weighted by Crippen LogP contribution is -2.12. The van der Waals surface area contributed by atoms with Crippen LogP contribution in [0, 0.1) is 18.3 Å². The number of nitrogens with one attached hydrogen (secondary N) is 1. The Kier molecular flexibility index (Phi) is 4.41. The molecule has 0 radical (unpaired) electrons. The molecule has 10 heteroatoms. The molecule has 0 bridgehead atoms. The van der Waals surface area contributed by atoms with Gasteiger partial charge in [0, 0.05) is 11.1 Å². The Morgan fingerprint density at radius 2 is 1.89 bits per heavy atom. The van der Waals surface area contributed by atoms with Crippen LogP contribution >= 0.6 is 11.3 Å². The van der Waals surface area contributed by atoms with Crippen LogP contribution in [-0.4, -0.2) is 10.9 Å². The number of nitrogens with zero attached hydrogens (tertiary/aromatic N) is 2. The summed E-state index contributed by atoms with van der Waals surface area (Å²) in [7, 11) is 0. The second-order valence-electron chi connectivity index (χ2n) is 5.66. The third kappa shape index (κ3) is 3.24. The molecule has 0 spiro atoms. The molecule has 0 fully saturated rings. The van der Waals surface area contributed by atoms with Gasteiger partial charge in [-0.25, -0.2) is 4.98 Å². The maximum atomic E-state index is 12.6. The summed E-state index contributed by atoms with van der Waals surface area (Å²) in [5.74, 6) is -0.551. The van der Waals surface area contributed by atoms with E-state index in [2.05, 4.69) is 10.3 Å². The second kappa shape index (κ2) is 6.44. The van der Waals surface area contributed by atoms with E-state index >= 15 is 0 Å². The van der Waals surface area contributed by atoms with E-state index in [1.807, 2.05) is 6.07 Å². The van der Waals surface area contributed by atoms with Crippen molar-refractivity contribution < 1.29 is 18.0 Å². The maximum Gasteiger partial charge on any atom is 0.416 e. The molecule has 3 aromatic rings. The van der Waals surface area contributed by atoms with E-state index in [1.54, 1.807) is 6.92 Å². The van der Waals surface area contributed by atoms with E-state index in [1.165, 1.54) is 0 Å². The van der Waals surface area contributed by atoms with Crippen molar-refractivity contribution >= 4 is 44.7 Å². The summed E-state index contributed by atoms with van der Waals surface area (Å²) in [5, 5.41) is 12.1. The van der Waals surface area contributed by atoms with Crippen LogP contribution in [0.5, 0.6) is 0 Å². The highest BCUT2D eigenvalue weighted by molar-refractivity contribution is 7.21. The molecule has 1 aromatic carbocycles. The number of nitrogen functional groups attached to an aromatic ring is 2. The third-order valence-corrected chi connectivity index (χ3v) is 5.04. The van der Waals surface area contributed by atoms with Crippen molar-refractivity contribution in [1.29, 1.82) is 5.26 Å². The molecule has 0 unspecified atom stereocenters. The van der Waals surface area contributed by atoms with E-state index in [0.29, 0.717) is 15.8 Å². The van der Waals surface area contributed by atoms with Gasteiger partial charge in [-0.1, -0.05) is 0 Å². The number of amides is 1. The fourth-order valence-electron chi connectivity index (χ4n) is 2.60. The summed E-state index contributed by atoms with van der Waals surface area (Å²) < 4.78 is 37.8. The molecule has 0 saturated carbocycles. The highest BCUT2D eigenvalue weighted by atomic mass is 32.1. The smallest absolute Gasteiger partial charge is 0.397 e. The van der Waals surface area contributed by atoms with Crippen LogP contribution in [0.15, 0.2) is 24.3 Å². The van der Waals surface area contributed by atoms with E-state index in [-0.39, 0.29) is 27.6 Å². The number of alkyl halides is 3. The Bertz CT molecular complexity index is 1100. The van der Waals surface area contributed by atoms with Crippen LogP contribution in [0.4, 0.5) is 30.4 Å². The van der Waals surface area contributed by atoms with Gasteiger partial charge in [-0.05, 0) is 36.8 Å². The van der Waals surface area contributed by atoms with Gasteiger partial charge in [-0.15, -0.1) is 11.3 Å². The monoisotopic (exact) mass is 391 g/mol. The molecule has 2 aromatic heterocycles. The van der Waals surface area contributed by atoms with Gasteiger partial charge < -0.3 is 16.8 Å². The van der Waals surface area contributed by atoms with Gasteiger partial charge in [0.1, 0.15) is 21.6 Å². The predicted octanol–water partition coefficient (Wildman–Crippen LogP) is 3.91. The van der Waals surface area contributed by atoms with Crippen LogP contribution < -0.4 is 16.8 Å². The number of rotatable bonds is 2. The first-order valence-electron chi connectivity index (χ1n) is 7.50. The topological polar surface area (TPSA) is 118 Å². The molecule has 5 N–H and O–H groups in total. The summed E-state index contributed by atoms with van der Waals surface area (Å²) >= 11 is 0.989. The number of halogens is 3. The van der Waals surface area contributed by atoms with E-state index in [9.17, 15) is 23.2 Å². The average Bonchev–Trinajstić information content (AvgIpc) is 2.91. The number of anilines is 3. The fourth-order valence-corrected chi connectivity index (χ4v) is 3.65. The Morgan fingerprint density at radius 3 is 2.44 bits per heavy atom. The molecule has 27 heavy (non-hydrogen) atoms. The summed E-state index contributed by atoms with van der Waals surface area (Å²) in [5.41, 5.74) is 12.0. The SMILES string of the molecule is Cc1c(C#N)c(N)nc2sc(C(=O)Nc3ccc(C(F)(F)F)cc3)c(N)c12. The molecule has 0 aliphatic rings. The number of benzene rings is 1. The van der Waals surface area contributed by atoms with Crippen molar-refractivity contribution in [3.8, 4) is 6.07 Å². The number of fused-ring (bicyclic) bond motifs is 1. The van der Waals surface area contributed by atoms with E-state index < -0.39 is 17.6 Å². The number of nitrogens with two attached hydrogens (primary N) is 2. The molecule has 6 nitrogen and oxygen atoms in total. The summed E-state index contributed by atoms with van der Waals surface area (Å²) in [6.45, 7) is 1.65. The molecule has 0 aliphatic carbocycles. The zero-order valence-electron chi connectivity index (χ0n) is 13.8. The van der Waals surface area contributed by atoms with Crippen LogP contribution in [0.3, 0.4) is 0 Å². The Labute approximate surface area is 155 Å². The molecule has 3 rings (SSSR count). The first-order chi connectivity index (χ1) is 12.6. The van der Waals surface area contributed by atoms with Crippen molar-refractivity contribution in [1.82, 2.24) is 4.98 Å². The van der Waals surface area contributed by atoms with Crippen LogP contribution in [0.1, 0.15) is 26.4 Å². The van der Waals surface area contributed by atoms with Crippen LogP contribution in [-0.2, 0) is 6.18 Å². The predicted molar refractivity (Wildman–Crippen MR) is 97.3 cm³/mol. The Morgan fingerprint density at radius 1 is 1.26 bits per heavy atom. The highest BCUT2D eigenvalue weighted by Crippen LogP contribution is 2.37. The van der Waals surface area contributed by atoms with Crippen molar-refractivity contribution in [2.45, 2.75) is 13.1 Å². The number of pyridine rings is 1. The van der Waals surface area contributed by atoms with Crippen molar-refractivity contribution in [3.63, 3.8) is 0 Å². The molecule has 0 saturated heterocycles. The first kappa shape index (κ1) is 18.5. The number of carbonyl (C=O) groups is 1. The van der Waals surface area contributed by atoms with Gasteiger partial charge in [-0.3, -0.25) is 4.79 Å². The molecule has 2 heterocycles. The lowest BCUT2D eigenvalue weighted by Gasteiger charge is -2.08. The molecule has 0 aliphatic heterocycles. The fraction of sp³-hybridized carbons (Fsp3) is 0.118. The lowest BCUT2D eigenvalue weighted by molar-refractivity contribution is -0.137. The number of aryl methyl sites for hydroxylation is 1. The molecular formula is C17H12F3N5OS. The van der Waals surface area contributed by atoms with Gasteiger partial charge in [0.2, 0.25) is 0 Å². The van der Waals surface area contributed by atoms with Gasteiger partial charge in [0.05, 0.1) is 16.8 Å². The van der Waals surface area contributed by atoms with Crippen molar-refractivity contribution in [2.75, 3.05) is 16.8 Å².